The van der Waals surface area contributed by atoms with E-state index in [0.717, 1.165) is 22.5 Å². The molecule has 2 aromatic rings. The second-order valence-electron chi connectivity index (χ2n) is 6.05. The normalized spacial score (nSPS) is 11.1. The molecule has 0 aliphatic rings. The molecule has 2 rings (SSSR count). The first-order valence-electron chi connectivity index (χ1n) is 7.56. The molecule has 23 heavy (non-hydrogen) atoms. The molecule has 0 fully saturated rings. The van der Waals surface area contributed by atoms with Gasteiger partial charge in [0.2, 0.25) is 0 Å². The molecule has 6 nitrogen and oxygen atoms in total. The summed E-state index contributed by atoms with van der Waals surface area (Å²) in [5.74, 6) is 1.46. The number of hydrogen-bond donors (Lipinski definition) is 2. The van der Waals surface area contributed by atoms with Crippen LogP contribution < -0.4 is 15.4 Å². The van der Waals surface area contributed by atoms with Gasteiger partial charge >= 0.3 is 6.09 Å². The third-order valence-electron chi connectivity index (χ3n) is 2.96. The Balaban J connectivity index is 1.96. The zero-order valence-electron chi connectivity index (χ0n) is 14.0. The van der Waals surface area contributed by atoms with Crippen LogP contribution >= 0.6 is 0 Å². The average Bonchev–Trinajstić information content (AvgIpc) is 2.49. The Morgan fingerprint density at radius 3 is 2.70 bits per heavy atom. The molecular formula is C17H23N3O3. The lowest BCUT2D eigenvalue weighted by atomic mass is 10.2. The number of hydrogen-bond acceptors (Lipinski definition) is 5. The summed E-state index contributed by atoms with van der Waals surface area (Å²) >= 11 is 0. The van der Waals surface area contributed by atoms with Gasteiger partial charge in [-0.25, -0.2) is 9.78 Å². The molecule has 0 saturated carbocycles. The zero-order chi connectivity index (χ0) is 16.9. The SMILES string of the molecule is CNc1cc(OCCNC(=O)OC(C)(C)C)c2ccccc2n1. The van der Waals surface area contributed by atoms with E-state index in [0.29, 0.717) is 13.2 Å². The van der Waals surface area contributed by atoms with E-state index in [-0.39, 0.29) is 0 Å². The number of nitrogens with one attached hydrogen (secondary N) is 2. The number of alkyl carbamates (subject to hydrolysis) is 1. The second-order valence-corrected chi connectivity index (χ2v) is 6.05. The van der Waals surface area contributed by atoms with Crippen LogP contribution in [-0.2, 0) is 4.74 Å². The molecule has 0 spiro atoms. The van der Waals surface area contributed by atoms with Crippen LogP contribution in [0, 0.1) is 0 Å². The highest BCUT2D eigenvalue weighted by Gasteiger charge is 2.15. The number of nitrogens with zero attached hydrogens (tertiary/aromatic N) is 1. The Hall–Kier alpha value is -2.50. The highest BCUT2D eigenvalue weighted by molar-refractivity contribution is 5.86. The van der Waals surface area contributed by atoms with Gasteiger partial charge in [0.1, 0.15) is 23.8 Å². The summed E-state index contributed by atoms with van der Waals surface area (Å²) in [6.07, 6.45) is -0.448. The first-order chi connectivity index (χ1) is 10.9. The summed E-state index contributed by atoms with van der Waals surface area (Å²) < 4.78 is 11.0. The van der Waals surface area contributed by atoms with Crippen LogP contribution in [0.2, 0.25) is 0 Å². The highest BCUT2D eigenvalue weighted by atomic mass is 16.6. The zero-order valence-corrected chi connectivity index (χ0v) is 14.0. The quantitative estimate of drug-likeness (QED) is 0.829. The number of carbonyl (C=O) groups is 1. The molecule has 0 bridgehead atoms. The van der Waals surface area contributed by atoms with E-state index in [4.69, 9.17) is 9.47 Å². The van der Waals surface area contributed by atoms with Crippen LogP contribution in [0.3, 0.4) is 0 Å². The minimum absolute atomic E-state index is 0.344. The number of aromatic nitrogens is 1. The van der Waals surface area contributed by atoms with Crippen molar-refractivity contribution in [3.8, 4) is 5.75 Å². The summed E-state index contributed by atoms with van der Waals surface area (Å²) in [6.45, 7) is 6.18. The van der Waals surface area contributed by atoms with Gasteiger partial charge in [-0.05, 0) is 32.9 Å². The lowest BCUT2D eigenvalue weighted by molar-refractivity contribution is 0.0520. The maximum absolute atomic E-state index is 11.6. The summed E-state index contributed by atoms with van der Waals surface area (Å²) in [5, 5.41) is 6.62. The topological polar surface area (TPSA) is 72.5 Å². The lowest BCUT2D eigenvalue weighted by Gasteiger charge is -2.19. The fourth-order valence-electron chi connectivity index (χ4n) is 2.02. The molecule has 0 aliphatic heterocycles. The number of fused-ring (bicyclic) bond motifs is 1. The minimum atomic E-state index is -0.506. The van der Waals surface area contributed by atoms with Crippen LogP contribution in [-0.4, -0.2) is 36.9 Å². The number of rotatable bonds is 5. The van der Waals surface area contributed by atoms with Crippen molar-refractivity contribution in [2.24, 2.45) is 0 Å². The van der Waals surface area contributed by atoms with Gasteiger partial charge in [-0.1, -0.05) is 12.1 Å². The van der Waals surface area contributed by atoms with Crippen molar-refractivity contribution < 1.29 is 14.3 Å². The Morgan fingerprint density at radius 2 is 2.00 bits per heavy atom. The van der Waals surface area contributed by atoms with Crippen LogP contribution in [0.5, 0.6) is 5.75 Å². The lowest BCUT2D eigenvalue weighted by Crippen LogP contribution is -2.34. The maximum Gasteiger partial charge on any atom is 0.407 e. The first-order valence-corrected chi connectivity index (χ1v) is 7.56. The smallest absolute Gasteiger partial charge is 0.407 e. The number of benzene rings is 1. The van der Waals surface area contributed by atoms with Crippen molar-refractivity contribution in [1.82, 2.24) is 10.3 Å². The van der Waals surface area contributed by atoms with Gasteiger partial charge in [-0.3, -0.25) is 0 Å². The molecule has 1 aromatic heterocycles. The van der Waals surface area contributed by atoms with Crippen molar-refractivity contribution in [3.63, 3.8) is 0 Å². The van der Waals surface area contributed by atoms with Crippen molar-refractivity contribution in [1.29, 1.82) is 0 Å². The molecule has 1 heterocycles. The molecule has 0 aliphatic carbocycles. The molecule has 2 N–H and O–H groups in total. The summed E-state index contributed by atoms with van der Waals surface area (Å²) in [6, 6.07) is 9.60. The van der Waals surface area contributed by atoms with E-state index in [1.54, 1.807) is 0 Å². The van der Waals surface area contributed by atoms with Crippen molar-refractivity contribution in [2.75, 3.05) is 25.5 Å². The summed E-state index contributed by atoms with van der Waals surface area (Å²) in [4.78, 5) is 16.0. The fourth-order valence-corrected chi connectivity index (χ4v) is 2.02. The van der Waals surface area contributed by atoms with E-state index in [1.165, 1.54) is 0 Å². The van der Waals surface area contributed by atoms with E-state index < -0.39 is 11.7 Å². The number of para-hydroxylation sites is 1. The van der Waals surface area contributed by atoms with E-state index in [2.05, 4.69) is 15.6 Å². The predicted molar refractivity (Wildman–Crippen MR) is 91.0 cm³/mol. The Morgan fingerprint density at radius 1 is 1.26 bits per heavy atom. The van der Waals surface area contributed by atoms with Gasteiger partial charge in [0.05, 0.1) is 12.1 Å². The number of ether oxygens (including phenoxy) is 2. The van der Waals surface area contributed by atoms with E-state index >= 15 is 0 Å². The Bertz CT molecular complexity index is 680. The third kappa shape index (κ3) is 5.02. The largest absolute Gasteiger partial charge is 0.491 e. The van der Waals surface area contributed by atoms with Crippen LogP contribution in [0.1, 0.15) is 20.8 Å². The molecule has 1 amide bonds. The minimum Gasteiger partial charge on any atom is -0.491 e. The van der Waals surface area contributed by atoms with Crippen LogP contribution in [0.4, 0.5) is 10.6 Å². The van der Waals surface area contributed by atoms with Crippen LogP contribution in [0.15, 0.2) is 30.3 Å². The fraction of sp³-hybridized carbons (Fsp3) is 0.412. The van der Waals surface area contributed by atoms with Gasteiger partial charge in [0, 0.05) is 18.5 Å². The van der Waals surface area contributed by atoms with E-state index in [1.807, 2.05) is 58.2 Å². The molecular weight excluding hydrogens is 294 g/mol. The van der Waals surface area contributed by atoms with Gasteiger partial charge < -0.3 is 20.1 Å². The second kappa shape index (κ2) is 7.17. The predicted octanol–water partition coefficient (Wildman–Crippen LogP) is 3.18. The maximum atomic E-state index is 11.6. The monoisotopic (exact) mass is 317 g/mol. The van der Waals surface area contributed by atoms with Gasteiger partial charge in [-0.15, -0.1) is 0 Å². The Kier molecular flexibility index (Phi) is 5.26. The molecule has 0 saturated heterocycles. The van der Waals surface area contributed by atoms with Crippen LogP contribution in [0.25, 0.3) is 10.9 Å². The Labute approximate surface area is 136 Å². The summed E-state index contributed by atoms with van der Waals surface area (Å²) in [5.41, 5.74) is 0.350. The first kappa shape index (κ1) is 16.9. The average molecular weight is 317 g/mol. The molecule has 1 aromatic carbocycles. The van der Waals surface area contributed by atoms with Gasteiger partial charge in [0.25, 0.3) is 0 Å². The third-order valence-corrected chi connectivity index (χ3v) is 2.96. The van der Waals surface area contributed by atoms with Crippen molar-refractivity contribution in [2.45, 2.75) is 26.4 Å². The molecule has 124 valence electrons. The van der Waals surface area contributed by atoms with Crippen molar-refractivity contribution >= 4 is 22.8 Å². The molecule has 0 radical (unpaired) electrons. The van der Waals surface area contributed by atoms with Gasteiger partial charge in [0.15, 0.2) is 0 Å². The number of pyridine rings is 1. The van der Waals surface area contributed by atoms with Crippen molar-refractivity contribution in [3.05, 3.63) is 30.3 Å². The molecule has 6 heteroatoms. The molecule has 0 atom stereocenters. The van der Waals surface area contributed by atoms with Gasteiger partial charge in [-0.2, -0.15) is 0 Å². The van der Waals surface area contributed by atoms with E-state index in [9.17, 15) is 4.79 Å². The number of amides is 1. The number of anilines is 1. The standard InChI is InChI=1S/C17H23N3O3/c1-17(2,3)23-16(21)19-9-10-22-14-11-15(18-4)20-13-8-6-5-7-12(13)14/h5-8,11H,9-10H2,1-4H3,(H,18,20)(H,19,21). The summed E-state index contributed by atoms with van der Waals surface area (Å²) in [7, 11) is 1.81. The highest BCUT2D eigenvalue weighted by Crippen LogP contribution is 2.27. The molecule has 0 unspecified atom stereocenters. The number of carbonyl (C=O) groups excluding carboxylic acids is 1.